The number of nitrogens with one attached hydrogen (secondary N) is 1. The van der Waals surface area contributed by atoms with Crippen LogP contribution in [0.15, 0.2) is 30.3 Å². The Morgan fingerprint density at radius 2 is 1.83 bits per heavy atom. The minimum atomic E-state index is -0.810. The van der Waals surface area contributed by atoms with E-state index < -0.39 is 18.4 Å². The quantitative estimate of drug-likeness (QED) is 0.829. The minimum Gasteiger partial charge on any atom is -0.453 e. The van der Waals surface area contributed by atoms with E-state index in [1.54, 1.807) is 24.3 Å². The Balaban J connectivity index is 2.69. The maximum Gasteiger partial charge on any atom is 0.508 e. The zero-order valence-electron chi connectivity index (χ0n) is 10.2. The van der Waals surface area contributed by atoms with Crippen LogP contribution >= 0.6 is 0 Å². The molecule has 18 heavy (non-hydrogen) atoms. The van der Waals surface area contributed by atoms with Gasteiger partial charge in [0, 0.05) is 0 Å². The van der Waals surface area contributed by atoms with Gasteiger partial charge in [-0.2, -0.15) is 0 Å². The smallest absolute Gasteiger partial charge is 0.453 e. The van der Waals surface area contributed by atoms with E-state index in [0.29, 0.717) is 0 Å². The number of carbonyl (C=O) groups excluding carboxylic acids is 2. The van der Waals surface area contributed by atoms with Gasteiger partial charge in [0.15, 0.2) is 0 Å². The first-order chi connectivity index (χ1) is 8.67. The summed E-state index contributed by atoms with van der Waals surface area (Å²) in [5.74, 6) is 0. The number of alkyl carbamates (subject to hydrolysis) is 1. The number of ether oxygens (including phenoxy) is 3. The number of hydrogen-bond donors (Lipinski definition) is 1. The largest absolute Gasteiger partial charge is 0.508 e. The van der Waals surface area contributed by atoms with Gasteiger partial charge in [0.05, 0.1) is 20.8 Å². The fourth-order valence-electron chi connectivity index (χ4n) is 1.31. The van der Waals surface area contributed by atoms with Crippen LogP contribution in [0.1, 0.15) is 11.7 Å². The van der Waals surface area contributed by atoms with Gasteiger partial charge >= 0.3 is 12.2 Å². The Bertz CT molecular complexity index is 393. The molecule has 0 saturated heterocycles. The molecule has 0 aromatic heterocycles. The van der Waals surface area contributed by atoms with Crippen LogP contribution in [0.3, 0.4) is 0 Å². The van der Waals surface area contributed by atoms with Crippen LogP contribution in [-0.4, -0.2) is 33.0 Å². The van der Waals surface area contributed by atoms with Gasteiger partial charge in [0.2, 0.25) is 0 Å². The molecule has 0 radical (unpaired) electrons. The lowest BCUT2D eigenvalue weighted by Gasteiger charge is -2.17. The summed E-state index contributed by atoms with van der Waals surface area (Å²) in [6.07, 6.45) is -2.03. The number of amides is 1. The van der Waals surface area contributed by atoms with Crippen LogP contribution in [0.2, 0.25) is 0 Å². The van der Waals surface area contributed by atoms with Gasteiger partial charge in [-0.3, -0.25) is 0 Å². The Kier molecular flexibility index (Phi) is 5.50. The second kappa shape index (κ2) is 7.16. The number of rotatable bonds is 4. The Hall–Kier alpha value is -2.24. The van der Waals surface area contributed by atoms with Crippen molar-refractivity contribution in [2.75, 3.05) is 20.8 Å². The lowest BCUT2D eigenvalue weighted by molar-refractivity contribution is 0.0359. The maximum absolute atomic E-state index is 11.1. The Morgan fingerprint density at radius 3 is 2.39 bits per heavy atom. The molecule has 1 aromatic carbocycles. The van der Waals surface area contributed by atoms with E-state index in [4.69, 9.17) is 4.74 Å². The van der Waals surface area contributed by atoms with E-state index >= 15 is 0 Å². The highest BCUT2D eigenvalue weighted by molar-refractivity contribution is 5.67. The van der Waals surface area contributed by atoms with Crippen LogP contribution in [0, 0.1) is 0 Å². The van der Waals surface area contributed by atoms with Gasteiger partial charge in [-0.05, 0) is 5.56 Å². The number of benzene rings is 1. The second-order valence-electron chi connectivity index (χ2n) is 3.34. The molecule has 0 bridgehead atoms. The van der Waals surface area contributed by atoms with Crippen molar-refractivity contribution in [1.29, 1.82) is 0 Å². The molecule has 6 nitrogen and oxygen atoms in total. The van der Waals surface area contributed by atoms with Gasteiger partial charge in [-0.1, -0.05) is 30.3 Å². The molecule has 6 heteroatoms. The summed E-state index contributed by atoms with van der Waals surface area (Å²) >= 11 is 0. The number of hydrogen-bond acceptors (Lipinski definition) is 5. The number of carbonyl (C=O) groups is 2. The van der Waals surface area contributed by atoms with Crippen LogP contribution in [0.25, 0.3) is 0 Å². The number of methoxy groups -OCH3 is 2. The third kappa shape index (κ3) is 4.32. The zero-order chi connectivity index (χ0) is 13.4. The monoisotopic (exact) mass is 253 g/mol. The van der Waals surface area contributed by atoms with Gasteiger partial charge in [0.1, 0.15) is 6.10 Å². The molecule has 0 spiro atoms. The van der Waals surface area contributed by atoms with Crippen LogP contribution in [0.4, 0.5) is 9.59 Å². The molecule has 0 aliphatic rings. The van der Waals surface area contributed by atoms with Crippen molar-refractivity contribution in [2.24, 2.45) is 0 Å². The lowest BCUT2D eigenvalue weighted by atomic mass is 10.1. The fourth-order valence-corrected chi connectivity index (χ4v) is 1.31. The molecule has 0 heterocycles. The van der Waals surface area contributed by atoms with Crippen molar-refractivity contribution in [2.45, 2.75) is 6.10 Å². The summed E-state index contributed by atoms with van der Waals surface area (Å²) in [5, 5.41) is 2.47. The van der Waals surface area contributed by atoms with Gasteiger partial charge in [-0.25, -0.2) is 9.59 Å². The molecule has 0 aliphatic heterocycles. The summed E-state index contributed by atoms with van der Waals surface area (Å²) in [5.41, 5.74) is 0.749. The van der Waals surface area contributed by atoms with Crippen molar-refractivity contribution in [3.8, 4) is 0 Å². The summed E-state index contributed by atoms with van der Waals surface area (Å²) < 4.78 is 13.9. The van der Waals surface area contributed by atoms with Gasteiger partial charge in [0.25, 0.3) is 0 Å². The van der Waals surface area contributed by atoms with Crippen molar-refractivity contribution < 1.29 is 23.8 Å². The molecule has 0 saturated carbocycles. The Labute approximate surface area is 105 Å². The molecule has 1 aromatic rings. The highest BCUT2D eigenvalue weighted by Crippen LogP contribution is 2.16. The summed E-state index contributed by atoms with van der Waals surface area (Å²) in [6, 6.07) is 9.02. The van der Waals surface area contributed by atoms with Crippen molar-refractivity contribution in [3.63, 3.8) is 0 Å². The van der Waals surface area contributed by atoms with E-state index in [0.717, 1.165) is 5.56 Å². The predicted octanol–water partition coefficient (Wildman–Crippen LogP) is 1.87. The van der Waals surface area contributed by atoms with Crippen LogP contribution in [-0.2, 0) is 14.2 Å². The van der Waals surface area contributed by atoms with E-state index in [-0.39, 0.29) is 6.54 Å². The first kappa shape index (κ1) is 13.8. The molecule has 0 fully saturated rings. The van der Waals surface area contributed by atoms with Crippen molar-refractivity contribution in [3.05, 3.63) is 35.9 Å². The highest BCUT2D eigenvalue weighted by Gasteiger charge is 2.18. The first-order valence-corrected chi connectivity index (χ1v) is 5.28. The molecule has 1 unspecified atom stereocenters. The van der Waals surface area contributed by atoms with Crippen molar-refractivity contribution >= 4 is 12.2 Å². The Morgan fingerprint density at radius 1 is 1.17 bits per heavy atom. The van der Waals surface area contributed by atoms with Crippen LogP contribution < -0.4 is 5.32 Å². The van der Waals surface area contributed by atoms with Crippen LogP contribution in [0.5, 0.6) is 0 Å². The SMILES string of the molecule is COC(=O)NCC(OC(=O)OC)c1ccccc1. The maximum atomic E-state index is 11.1. The van der Waals surface area contributed by atoms with E-state index in [1.807, 2.05) is 6.07 Å². The molecule has 0 aliphatic carbocycles. The van der Waals surface area contributed by atoms with Crippen molar-refractivity contribution in [1.82, 2.24) is 5.32 Å². The van der Waals surface area contributed by atoms with E-state index in [9.17, 15) is 9.59 Å². The first-order valence-electron chi connectivity index (χ1n) is 5.28. The molecule has 1 rings (SSSR count). The third-order valence-electron chi connectivity index (χ3n) is 2.19. The molecule has 1 amide bonds. The van der Waals surface area contributed by atoms with E-state index in [2.05, 4.69) is 14.8 Å². The van der Waals surface area contributed by atoms with E-state index in [1.165, 1.54) is 14.2 Å². The molecule has 1 atom stereocenters. The molecular formula is C12H15NO5. The minimum absolute atomic E-state index is 0.103. The predicted molar refractivity (Wildman–Crippen MR) is 63.1 cm³/mol. The third-order valence-corrected chi connectivity index (χ3v) is 2.19. The lowest BCUT2D eigenvalue weighted by Crippen LogP contribution is -2.30. The average molecular weight is 253 g/mol. The zero-order valence-corrected chi connectivity index (χ0v) is 10.2. The molecule has 98 valence electrons. The summed E-state index contributed by atoms with van der Waals surface area (Å²) in [6.45, 7) is 0.103. The highest BCUT2D eigenvalue weighted by atomic mass is 16.7. The van der Waals surface area contributed by atoms with Gasteiger partial charge < -0.3 is 19.5 Å². The standard InChI is InChI=1S/C12H15NO5/c1-16-11(14)13-8-10(18-12(15)17-2)9-6-4-3-5-7-9/h3-7,10H,8H2,1-2H3,(H,13,14). The molecular weight excluding hydrogens is 238 g/mol. The fraction of sp³-hybridized carbons (Fsp3) is 0.333. The topological polar surface area (TPSA) is 73.9 Å². The average Bonchev–Trinajstić information content (AvgIpc) is 2.43. The normalized spacial score (nSPS) is 11.2. The summed E-state index contributed by atoms with van der Waals surface area (Å²) in [7, 11) is 2.48. The summed E-state index contributed by atoms with van der Waals surface area (Å²) in [4.78, 5) is 22.1. The molecule has 1 N–H and O–H groups in total. The second-order valence-corrected chi connectivity index (χ2v) is 3.34. The van der Waals surface area contributed by atoms with Gasteiger partial charge in [-0.15, -0.1) is 0 Å².